The van der Waals surface area contributed by atoms with Gasteiger partial charge in [0.25, 0.3) is 5.91 Å². The van der Waals surface area contributed by atoms with Crippen molar-refractivity contribution in [2.24, 2.45) is 0 Å². The minimum Gasteiger partial charge on any atom is -0.493 e. The molecular formula is C24H25N3O5. The molecule has 1 N–H and O–H groups in total. The van der Waals surface area contributed by atoms with Crippen LogP contribution in [0.2, 0.25) is 0 Å². The number of hydrogen-bond donors (Lipinski definition) is 1. The van der Waals surface area contributed by atoms with Crippen molar-refractivity contribution >= 4 is 11.9 Å². The van der Waals surface area contributed by atoms with Crippen LogP contribution in [-0.2, 0) is 9.53 Å². The minimum absolute atomic E-state index is 0.0736. The third kappa shape index (κ3) is 4.97. The van der Waals surface area contributed by atoms with Gasteiger partial charge in [-0.3, -0.25) is 4.79 Å². The average molecular weight is 435 g/mol. The van der Waals surface area contributed by atoms with Gasteiger partial charge in [-0.05, 0) is 36.8 Å². The number of carbonyl (C=O) groups is 2. The van der Waals surface area contributed by atoms with Crippen molar-refractivity contribution in [1.29, 1.82) is 0 Å². The van der Waals surface area contributed by atoms with Gasteiger partial charge in [-0.2, -0.15) is 5.10 Å². The van der Waals surface area contributed by atoms with Gasteiger partial charge in [0.2, 0.25) is 0 Å². The van der Waals surface area contributed by atoms with Crippen LogP contribution in [0.3, 0.4) is 0 Å². The molecule has 0 fully saturated rings. The van der Waals surface area contributed by atoms with E-state index in [1.54, 1.807) is 42.3 Å². The maximum atomic E-state index is 13.0. The zero-order valence-electron chi connectivity index (χ0n) is 18.2. The molecule has 0 radical (unpaired) electrons. The Kier molecular flexibility index (Phi) is 7.28. The zero-order chi connectivity index (χ0) is 23.1. The predicted molar refractivity (Wildman–Crippen MR) is 120 cm³/mol. The molecule has 0 bridgehead atoms. The van der Waals surface area contributed by atoms with Crippen LogP contribution < -0.4 is 14.8 Å². The van der Waals surface area contributed by atoms with Gasteiger partial charge in [-0.15, -0.1) is 6.58 Å². The largest absolute Gasteiger partial charge is 0.493 e. The van der Waals surface area contributed by atoms with Gasteiger partial charge in [0.15, 0.2) is 23.3 Å². The number of aromatic nitrogens is 2. The summed E-state index contributed by atoms with van der Waals surface area (Å²) in [6, 6.07) is 14.7. The highest BCUT2D eigenvalue weighted by Gasteiger charge is 2.25. The first-order valence-corrected chi connectivity index (χ1v) is 9.95. The summed E-state index contributed by atoms with van der Waals surface area (Å²) in [5.41, 5.74) is 2.05. The van der Waals surface area contributed by atoms with Crippen LogP contribution in [0.15, 0.2) is 67.4 Å². The topological polar surface area (TPSA) is 91.7 Å². The van der Waals surface area contributed by atoms with E-state index in [4.69, 9.17) is 14.2 Å². The van der Waals surface area contributed by atoms with E-state index in [-0.39, 0.29) is 12.2 Å². The quantitative estimate of drug-likeness (QED) is 0.409. The predicted octanol–water partition coefficient (Wildman–Crippen LogP) is 3.40. The van der Waals surface area contributed by atoms with Crippen molar-refractivity contribution in [3.05, 3.63) is 73.1 Å². The first-order chi connectivity index (χ1) is 15.5. The molecular weight excluding hydrogens is 410 g/mol. The molecule has 0 aliphatic rings. The lowest BCUT2D eigenvalue weighted by atomic mass is 10.1. The van der Waals surface area contributed by atoms with Gasteiger partial charge < -0.3 is 19.5 Å². The highest BCUT2D eigenvalue weighted by molar-refractivity contribution is 5.97. The van der Waals surface area contributed by atoms with E-state index in [1.807, 2.05) is 30.3 Å². The lowest BCUT2D eigenvalue weighted by Crippen LogP contribution is -2.36. The number of hydrogen-bond acceptors (Lipinski definition) is 6. The molecule has 1 atom stereocenters. The maximum absolute atomic E-state index is 13.0. The van der Waals surface area contributed by atoms with Crippen molar-refractivity contribution in [2.45, 2.75) is 13.0 Å². The third-order valence-corrected chi connectivity index (χ3v) is 4.70. The molecule has 8 nitrogen and oxygen atoms in total. The number of methoxy groups -OCH3 is 2. The fourth-order valence-electron chi connectivity index (χ4n) is 3.04. The second-order valence-corrected chi connectivity index (χ2v) is 6.82. The molecule has 0 aliphatic heterocycles. The Labute approximate surface area is 186 Å². The van der Waals surface area contributed by atoms with E-state index in [9.17, 15) is 9.59 Å². The second kappa shape index (κ2) is 10.3. The highest BCUT2D eigenvalue weighted by atomic mass is 16.5. The SMILES string of the molecule is C=CCNC(=O)C(C)OC(=O)c1nn(-c2ccccc2)cc1-c1ccc(OC)c(OC)c1. The number of nitrogens with one attached hydrogen (secondary N) is 1. The molecule has 32 heavy (non-hydrogen) atoms. The van der Waals surface area contributed by atoms with Crippen LogP contribution in [-0.4, -0.2) is 48.5 Å². The molecule has 3 aromatic rings. The van der Waals surface area contributed by atoms with E-state index in [0.717, 1.165) is 5.69 Å². The maximum Gasteiger partial charge on any atom is 0.360 e. The average Bonchev–Trinajstić information content (AvgIpc) is 3.28. The summed E-state index contributed by atoms with van der Waals surface area (Å²) in [7, 11) is 3.08. The summed E-state index contributed by atoms with van der Waals surface area (Å²) in [4.78, 5) is 25.1. The van der Waals surface area contributed by atoms with Gasteiger partial charge >= 0.3 is 5.97 Å². The molecule has 3 rings (SSSR count). The Morgan fingerprint density at radius 3 is 2.50 bits per heavy atom. The summed E-state index contributed by atoms with van der Waals surface area (Å²) in [5.74, 6) is -0.0728. The molecule has 166 valence electrons. The van der Waals surface area contributed by atoms with Crippen LogP contribution in [0.4, 0.5) is 0 Å². The molecule has 2 aromatic carbocycles. The summed E-state index contributed by atoms with van der Waals surface area (Å²) in [5, 5.41) is 7.06. The second-order valence-electron chi connectivity index (χ2n) is 6.82. The van der Waals surface area contributed by atoms with Gasteiger partial charge in [0, 0.05) is 18.3 Å². The van der Waals surface area contributed by atoms with Gasteiger partial charge in [0.05, 0.1) is 19.9 Å². The normalized spacial score (nSPS) is 11.3. The molecule has 8 heteroatoms. The van der Waals surface area contributed by atoms with Crippen molar-refractivity contribution < 1.29 is 23.8 Å². The van der Waals surface area contributed by atoms with Crippen LogP contribution in [0.25, 0.3) is 16.8 Å². The summed E-state index contributed by atoms with van der Waals surface area (Å²) in [6.07, 6.45) is 2.28. The standard InChI is InChI=1S/C24H25N3O5/c1-5-13-25-23(28)16(2)32-24(29)22-19(15-27(26-22)18-9-7-6-8-10-18)17-11-12-20(30-3)21(14-17)31-4/h5-12,14-16H,1,13H2,2-4H3,(H,25,28). The van der Waals surface area contributed by atoms with E-state index < -0.39 is 18.0 Å². The van der Waals surface area contributed by atoms with E-state index in [0.29, 0.717) is 22.6 Å². The molecule has 0 spiro atoms. The number of carbonyl (C=O) groups excluding carboxylic acids is 2. The van der Waals surface area contributed by atoms with Crippen molar-refractivity contribution in [1.82, 2.24) is 15.1 Å². The number of amides is 1. The number of nitrogens with zero attached hydrogens (tertiary/aromatic N) is 2. The summed E-state index contributed by atoms with van der Waals surface area (Å²) >= 11 is 0. The smallest absolute Gasteiger partial charge is 0.360 e. The first-order valence-electron chi connectivity index (χ1n) is 9.95. The molecule has 1 amide bonds. The lowest BCUT2D eigenvalue weighted by Gasteiger charge is -2.13. The Morgan fingerprint density at radius 1 is 1.12 bits per heavy atom. The number of ether oxygens (including phenoxy) is 3. The fourth-order valence-corrected chi connectivity index (χ4v) is 3.04. The van der Waals surface area contributed by atoms with E-state index in [1.165, 1.54) is 14.0 Å². The van der Waals surface area contributed by atoms with Crippen molar-refractivity contribution in [2.75, 3.05) is 20.8 Å². The number of para-hydroxylation sites is 1. The van der Waals surface area contributed by atoms with Gasteiger partial charge in [0.1, 0.15) is 0 Å². The molecule has 1 heterocycles. The zero-order valence-corrected chi connectivity index (χ0v) is 18.2. The Bertz CT molecular complexity index is 1110. The summed E-state index contributed by atoms with van der Waals surface area (Å²) < 4.78 is 17.7. The number of esters is 1. The Hall–Kier alpha value is -4.07. The minimum atomic E-state index is -0.998. The highest BCUT2D eigenvalue weighted by Crippen LogP contribution is 2.34. The summed E-state index contributed by atoms with van der Waals surface area (Å²) in [6.45, 7) is 5.33. The molecule has 1 aromatic heterocycles. The van der Waals surface area contributed by atoms with E-state index >= 15 is 0 Å². The number of benzene rings is 2. The van der Waals surface area contributed by atoms with Crippen LogP contribution >= 0.6 is 0 Å². The first kappa shape index (κ1) is 22.6. The Morgan fingerprint density at radius 2 is 1.84 bits per heavy atom. The molecule has 0 saturated carbocycles. The third-order valence-electron chi connectivity index (χ3n) is 4.70. The molecule has 0 aliphatic carbocycles. The van der Waals surface area contributed by atoms with Crippen molar-refractivity contribution in [3.8, 4) is 28.3 Å². The Balaban J connectivity index is 2.01. The fraction of sp³-hybridized carbons (Fsp3) is 0.208. The molecule has 1 unspecified atom stereocenters. The van der Waals surface area contributed by atoms with E-state index in [2.05, 4.69) is 17.0 Å². The van der Waals surface area contributed by atoms with Gasteiger partial charge in [-0.25, -0.2) is 9.48 Å². The monoisotopic (exact) mass is 435 g/mol. The van der Waals surface area contributed by atoms with Crippen LogP contribution in [0.1, 0.15) is 17.4 Å². The van der Waals surface area contributed by atoms with Gasteiger partial charge in [-0.1, -0.05) is 30.3 Å². The van der Waals surface area contributed by atoms with Crippen LogP contribution in [0.5, 0.6) is 11.5 Å². The number of rotatable bonds is 9. The lowest BCUT2D eigenvalue weighted by molar-refractivity contribution is -0.128. The van der Waals surface area contributed by atoms with Crippen molar-refractivity contribution in [3.63, 3.8) is 0 Å². The van der Waals surface area contributed by atoms with Crippen LogP contribution in [0, 0.1) is 0 Å². The molecule has 0 saturated heterocycles.